The van der Waals surface area contributed by atoms with Crippen LogP contribution in [0.1, 0.15) is 12.8 Å². The van der Waals surface area contributed by atoms with E-state index in [9.17, 15) is 4.79 Å². The van der Waals surface area contributed by atoms with Crippen LogP contribution in [0.2, 0.25) is 0 Å². The van der Waals surface area contributed by atoms with Gasteiger partial charge in [0, 0.05) is 12.1 Å². The second-order valence-corrected chi connectivity index (χ2v) is 2.64. The lowest BCUT2D eigenvalue weighted by molar-refractivity contribution is -0.116. The van der Waals surface area contributed by atoms with Crippen molar-refractivity contribution in [1.29, 1.82) is 0 Å². The molecule has 0 atom stereocenters. The Bertz CT molecular complexity index is 238. The molecule has 0 unspecified atom stereocenters. The molecule has 0 aromatic rings. The van der Waals surface area contributed by atoms with Crippen LogP contribution in [0.3, 0.4) is 0 Å². The minimum atomic E-state index is 0.138. The molecule has 1 heterocycles. The quantitative estimate of drug-likeness (QED) is 0.488. The monoisotopic (exact) mass is 135 g/mol. The number of amides is 1. The summed E-state index contributed by atoms with van der Waals surface area (Å²) in [7, 11) is 0. The molecule has 0 aromatic heterocycles. The van der Waals surface area contributed by atoms with E-state index in [4.69, 9.17) is 0 Å². The maximum atomic E-state index is 11.0. The summed E-state index contributed by atoms with van der Waals surface area (Å²) in [5, 5.41) is 2.81. The Morgan fingerprint density at radius 3 is 2.90 bits per heavy atom. The highest BCUT2D eigenvalue weighted by Gasteiger charge is 2.21. The van der Waals surface area contributed by atoms with Crippen LogP contribution >= 0.6 is 0 Å². The second-order valence-electron chi connectivity index (χ2n) is 2.64. The van der Waals surface area contributed by atoms with Gasteiger partial charge in [-0.2, -0.15) is 0 Å². The van der Waals surface area contributed by atoms with Gasteiger partial charge in [-0.3, -0.25) is 4.79 Å². The number of nitrogens with one attached hydrogen (secondary N) is 1. The number of carbonyl (C=O) groups excluding carboxylic acids is 1. The standard InChI is InChI=1S/C8H9NO/c10-8-7-4-2-1-3-6(7)5-9-8/h1-2H,3-5H2,(H,9,10). The van der Waals surface area contributed by atoms with Crippen molar-refractivity contribution in [3.63, 3.8) is 0 Å². The van der Waals surface area contributed by atoms with Gasteiger partial charge in [-0.05, 0) is 18.4 Å². The van der Waals surface area contributed by atoms with Crippen molar-refractivity contribution >= 4 is 5.91 Å². The van der Waals surface area contributed by atoms with Crippen molar-refractivity contribution in [3.8, 4) is 0 Å². The van der Waals surface area contributed by atoms with Gasteiger partial charge in [-0.1, -0.05) is 12.2 Å². The predicted molar refractivity (Wildman–Crippen MR) is 38.4 cm³/mol. The van der Waals surface area contributed by atoms with Crippen LogP contribution in [-0.2, 0) is 4.79 Å². The van der Waals surface area contributed by atoms with Gasteiger partial charge in [0.25, 0.3) is 0 Å². The van der Waals surface area contributed by atoms with E-state index < -0.39 is 0 Å². The molecule has 52 valence electrons. The average molecular weight is 135 g/mol. The first-order valence-corrected chi connectivity index (χ1v) is 3.52. The van der Waals surface area contributed by atoms with Crippen molar-refractivity contribution in [2.24, 2.45) is 0 Å². The van der Waals surface area contributed by atoms with Crippen LogP contribution in [0.4, 0.5) is 0 Å². The predicted octanol–water partition coefficient (Wildman–Crippen LogP) is 0.763. The number of allylic oxidation sites excluding steroid dienone is 2. The van der Waals surface area contributed by atoms with Crippen LogP contribution in [0.5, 0.6) is 0 Å². The Labute approximate surface area is 59.6 Å². The fourth-order valence-corrected chi connectivity index (χ4v) is 1.42. The Morgan fingerprint density at radius 1 is 1.30 bits per heavy atom. The van der Waals surface area contributed by atoms with Crippen molar-refractivity contribution in [2.45, 2.75) is 12.8 Å². The minimum Gasteiger partial charge on any atom is -0.349 e. The first kappa shape index (κ1) is 5.71. The Hall–Kier alpha value is -1.05. The first-order valence-electron chi connectivity index (χ1n) is 3.52. The van der Waals surface area contributed by atoms with Gasteiger partial charge in [-0.15, -0.1) is 0 Å². The highest BCUT2D eigenvalue weighted by Crippen LogP contribution is 2.22. The fraction of sp³-hybridized carbons (Fsp3) is 0.375. The Morgan fingerprint density at radius 2 is 2.10 bits per heavy atom. The molecule has 0 saturated heterocycles. The molecule has 1 aliphatic heterocycles. The van der Waals surface area contributed by atoms with E-state index in [0.29, 0.717) is 0 Å². The molecule has 10 heavy (non-hydrogen) atoms. The summed E-state index contributed by atoms with van der Waals surface area (Å²) in [5.41, 5.74) is 2.29. The van der Waals surface area contributed by atoms with Crippen LogP contribution in [0, 0.1) is 0 Å². The van der Waals surface area contributed by atoms with E-state index in [-0.39, 0.29) is 5.91 Å². The number of hydrogen-bond acceptors (Lipinski definition) is 1. The van der Waals surface area contributed by atoms with Crippen molar-refractivity contribution < 1.29 is 4.79 Å². The molecule has 1 N–H and O–H groups in total. The van der Waals surface area contributed by atoms with Crippen LogP contribution < -0.4 is 5.32 Å². The zero-order valence-electron chi connectivity index (χ0n) is 5.68. The third-order valence-corrected chi connectivity index (χ3v) is 2.02. The molecular weight excluding hydrogens is 126 g/mol. The lowest BCUT2D eigenvalue weighted by Crippen LogP contribution is -2.17. The van der Waals surface area contributed by atoms with E-state index in [1.54, 1.807) is 0 Å². The Kier molecular flexibility index (Phi) is 1.13. The van der Waals surface area contributed by atoms with E-state index >= 15 is 0 Å². The average Bonchev–Trinajstić information content (AvgIpc) is 2.34. The molecule has 2 heteroatoms. The fourth-order valence-electron chi connectivity index (χ4n) is 1.42. The minimum absolute atomic E-state index is 0.138. The first-order chi connectivity index (χ1) is 4.88. The molecule has 0 fully saturated rings. The molecule has 1 amide bonds. The number of carbonyl (C=O) groups is 1. The molecule has 2 rings (SSSR count). The highest BCUT2D eigenvalue weighted by molar-refractivity contribution is 5.97. The largest absolute Gasteiger partial charge is 0.349 e. The summed E-state index contributed by atoms with van der Waals surface area (Å²) in [4.78, 5) is 11.0. The van der Waals surface area contributed by atoms with E-state index in [1.165, 1.54) is 5.57 Å². The molecule has 1 aliphatic carbocycles. The van der Waals surface area contributed by atoms with Gasteiger partial charge < -0.3 is 5.32 Å². The normalized spacial score (nSPS) is 23.0. The maximum absolute atomic E-state index is 11.0. The number of hydrogen-bond donors (Lipinski definition) is 1. The molecule has 2 nitrogen and oxygen atoms in total. The van der Waals surface area contributed by atoms with E-state index in [2.05, 4.69) is 17.5 Å². The molecule has 0 bridgehead atoms. The zero-order chi connectivity index (χ0) is 6.97. The Balaban J connectivity index is 2.31. The summed E-state index contributed by atoms with van der Waals surface area (Å²) >= 11 is 0. The summed E-state index contributed by atoms with van der Waals surface area (Å²) < 4.78 is 0. The van der Waals surface area contributed by atoms with E-state index in [0.717, 1.165) is 25.0 Å². The summed E-state index contributed by atoms with van der Waals surface area (Å²) in [6, 6.07) is 0. The lowest BCUT2D eigenvalue weighted by Gasteiger charge is -2.03. The van der Waals surface area contributed by atoms with Gasteiger partial charge in [0.2, 0.25) is 5.91 Å². The number of rotatable bonds is 0. The maximum Gasteiger partial charge on any atom is 0.247 e. The molecule has 0 radical (unpaired) electrons. The molecule has 2 aliphatic rings. The van der Waals surface area contributed by atoms with Crippen molar-refractivity contribution in [1.82, 2.24) is 5.32 Å². The van der Waals surface area contributed by atoms with Gasteiger partial charge in [0.15, 0.2) is 0 Å². The van der Waals surface area contributed by atoms with Crippen LogP contribution in [0.25, 0.3) is 0 Å². The SMILES string of the molecule is O=C1NCC2=C1CC=CC2. The van der Waals surface area contributed by atoms with Gasteiger partial charge in [0.1, 0.15) is 0 Å². The molecule has 0 saturated carbocycles. The van der Waals surface area contributed by atoms with Crippen LogP contribution in [0.15, 0.2) is 23.3 Å². The third-order valence-electron chi connectivity index (χ3n) is 2.02. The van der Waals surface area contributed by atoms with E-state index in [1.807, 2.05) is 0 Å². The van der Waals surface area contributed by atoms with Gasteiger partial charge in [-0.25, -0.2) is 0 Å². The van der Waals surface area contributed by atoms with Gasteiger partial charge >= 0.3 is 0 Å². The molecule has 0 spiro atoms. The van der Waals surface area contributed by atoms with Crippen LogP contribution in [-0.4, -0.2) is 12.5 Å². The highest BCUT2D eigenvalue weighted by atomic mass is 16.1. The topological polar surface area (TPSA) is 29.1 Å². The lowest BCUT2D eigenvalue weighted by atomic mass is 10.00. The second kappa shape index (κ2) is 1.97. The smallest absolute Gasteiger partial charge is 0.247 e. The van der Waals surface area contributed by atoms with Gasteiger partial charge in [0.05, 0.1) is 0 Å². The summed E-state index contributed by atoms with van der Waals surface area (Å²) in [6.45, 7) is 0.776. The summed E-state index contributed by atoms with van der Waals surface area (Å²) in [5.74, 6) is 0.138. The zero-order valence-corrected chi connectivity index (χ0v) is 5.68. The molecule has 0 aromatic carbocycles. The molecular formula is C8H9NO. The summed E-state index contributed by atoms with van der Waals surface area (Å²) in [6.07, 6.45) is 5.98. The van der Waals surface area contributed by atoms with Crippen molar-refractivity contribution in [3.05, 3.63) is 23.3 Å². The van der Waals surface area contributed by atoms with Crippen molar-refractivity contribution in [2.75, 3.05) is 6.54 Å². The third kappa shape index (κ3) is 0.685.